The zero-order valence-electron chi connectivity index (χ0n) is 32.1. The van der Waals surface area contributed by atoms with E-state index in [1.54, 1.807) is 6.07 Å². The number of pyridine rings is 1. The van der Waals surface area contributed by atoms with Gasteiger partial charge in [-0.15, -0.1) is 8.78 Å². The van der Waals surface area contributed by atoms with Crippen molar-refractivity contribution in [3.63, 3.8) is 0 Å². The van der Waals surface area contributed by atoms with Gasteiger partial charge in [0.25, 0.3) is 12.4 Å². The summed E-state index contributed by atoms with van der Waals surface area (Å²) in [6.45, 7) is 14.9. The fourth-order valence-electron chi connectivity index (χ4n) is 5.17. The van der Waals surface area contributed by atoms with E-state index in [-0.39, 0.29) is 23.0 Å². The first-order chi connectivity index (χ1) is 24.8. The van der Waals surface area contributed by atoms with Crippen LogP contribution in [-0.2, 0) is 19.7 Å². The first-order valence-electron chi connectivity index (χ1n) is 18.3. The van der Waals surface area contributed by atoms with Crippen LogP contribution >= 0.6 is 0 Å². The summed E-state index contributed by atoms with van der Waals surface area (Å²) in [5, 5.41) is 6.11. The Kier molecular flexibility index (Phi) is 17.7. The van der Waals surface area contributed by atoms with Crippen molar-refractivity contribution in [2.45, 2.75) is 124 Å². The van der Waals surface area contributed by atoms with Gasteiger partial charge < -0.3 is 29.6 Å². The Balaban J connectivity index is 0.000000313. The van der Waals surface area contributed by atoms with Crippen LogP contribution < -0.4 is 20.1 Å². The number of fused-ring (bicyclic) bond motifs is 1. The molecule has 1 aliphatic heterocycles. The molecule has 0 atom stereocenters. The molecule has 1 amide bonds. The van der Waals surface area contributed by atoms with E-state index in [9.17, 15) is 23.2 Å². The molecular weight excluding hydrogens is 668 g/mol. The number of benzene rings is 2. The molecule has 1 fully saturated rings. The van der Waals surface area contributed by atoms with Crippen molar-refractivity contribution in [2.75, 3.05) is 18.9 Å². The largest absolute Gasteiger partial charge is 0.586 e. The number of aromatic nitrogens is 1. The molecule has 0 saturated heterocycles. The SMILES string of the molecule is CC.CC(C)(C)OC=O.CCCCCCCCCNC(=O)c1cccc(-c2nc(NC)ccc2C)c1.O=CC1(c2ccc3c(c2)OC(F)(F)O3)CC1. The monoisotopic (exact) mass is 725 g/mol. The lowest BCUT2D eigenvalue weighted by Crippen LogP contribution is -2.25. The van der Waals surface area contributed by atoms with Crippen molar-refractivity contribution in [1.82, 2.24) is 10.3 Å². The molecule has 11 heteroatoms. The standard InChI is InChI=1S/C23H33N3O.C11H8F2O3.C5H10O2.C2H6/c1-4-5-6-7-8-9-10-16-25-23(27)20-13-11-12-19(17-20)22-18(2)14-15-21(24-3)26-22;12-11(13)15-8-2-1-7(5-9(8)16-11)10(6-14)3-4-10;1-5(2,3)7-4-6;1-2/h11-15,17H,4-10,16H2,1-3H3,(H,24,26)(H,25,27);1-2,5-6H,3-4H2;4H,1-3H3;1-2H3. The molecular formula is C41H57F2N3O6. The van der Waals surface area contributed by atoms with Gasteiger partial charge in [-0.05, 0) is 88.4 Å². The minimum atomic E-state index is -3.60. The number of rotatable bonds is 14. The van der Waals surface area contributed by atoms with E-state index in [4.69, 9.17) is 0 Å². The number of nitrogens with zero attached hydrogens (tertiary/aromatic N) is 1. The van der Waals surface area contributed by atoms with Gasteiger partial charge in [0.2, 0.25) is 0 Å². The molecule has 9 nitrogen and oxygen atoms in total. The van der Waals surface area contributed by atoms with Crippen LogP contribution in [0.4, 0.5) is 14.6 Å². The normalized spacial score (nSPS) is 14.1. The third-order valence-corrected chi connectivity index (χ3v) is 8.21. The fourth-order valence-corrected chi connectivity index (χ4v) is 5.17. The van der Waals surface area contributed by atoms with E-state index in [0.29, 0.717) is 17.6 Å². The van der Waals surface area contributed by atoms with E-state index < -0.39 is 11.7 Å². The van der Waals surface area contributed by atoms with Crippen molar-refractivity contribution >= 4 is 24.5 Å². The van der Waals surface area contributed by atoms with E-state index in [1.165, 1.54) is 50.7 Å². The molecule has 0 radical (unpaired) electrons. The van der Waals surface area contributed by atoms with Crippen molar-refractivity contribution in [3.8, 4) is 22.8 Å². The molecule has 2 N–H and O–H groups in total. The summed E-state index contributed by atoms with van der Waals surface area (Å²) in [7, 11) is 1.86. The van der Waals surface area contributed by atoms with Gasteiger partial charge in [-0.2, -0.15) is 0 Å². The zero-order valence-corrected chi connectivity index (χ0v) is 32.1. The lowest BCUT2D eigenvalue weighted by Gasteiger charge is -2.14. The Bertz CT molecular complexity index is 1570. The number of alkyl halides is 2. The molecule has 2 aliphatic rings. The van der Waals surface area contributed by atoms with Crippen LogP contribution in [0.2, 0.25) is 0 Å². The average Bonchev–Trinajstić information content (AvgIpc) is 3.86. The van der Waals surface area contributed by atoms with Crippen LogP contribution in [0.5, 0.6) is 11.5 Å². The third kappa shape index (κ3) is 14.2. The number of amides is 1. The van der Waals surface area contributed by atoms with E-state index in [0.717, 1.165) is 54.7 Å². The molecule has 1 aromatic heterocycles. The van der Waals surface area contributed by atoms with Gasteiger partial charge in [0.15, 0.2) is 11.5 Å². The predicted octanol–water partition coefficient (Wildman–Crippen LogP) is 9.80. The van der Waals surface area contributed by atoms with Crippen molar-refractivity contribution < 1.29 is 37.4 Å². The Morgan fingerprint density at radius 2 is 1.58 bits per heavy atom. The van der Waals surface area contributed by atoms with Gasteiger partial charge in [-0.25, -0.2) is 4.98 Å². The highest BCUT2D eigenvalue weighted by molar-refractivity contribution is 5.95. The molecule has 0 unspecified atom stereocenters. The number of carbonyl (C=O) groups is 3. The van der Waals surface area contributed by atoms with Gasteiger partial charge in [0.1, 0.15) is 17.7 Å². The van der Waals surface area contributed by atoms with Gasteiger partial charge in [0, 0.05) is 24.7 Å². The highest BCUT2D eigenvalue weighted by Gasteiger charge is 2.47. The second-order valence-corrected chi connectivity index (χ2v) is 13.5. The molecule has 52 heavy (non-hydrogen) atoms. The second-order valence-electron chi connectivity index (χ2n) is 13.5. The maximum Gasteiger partial charge on any atom is 0.586 e. The number of nitrogens with one attached hydrogen (secondary N) is 2. The van der Waals surface area contributed by atoms with Crippen LogP contribution in [0, 0.1) is 6.92 Å². The number of carbonyl (C=O) groups excluding carboxylic acids is 3. The van der Waals surface area contributed by atoms with Gasteiger partial charge >= 0.3 is 6.29 Å². The Hall–Kier alpha value is -4.54. The first-order valence-corrected chi connectivity index (χ1v) is 18.3. The molecule has 0 spiro atoms. The molecule has 3 aromatic rings. The lowest BCUT2D eigenvalue weighted by molar-refractivity contribution is -0.286. The Morgan fingerprint density at radius 1 is 0.923 bits per heavy atom. The fraction of sp³-hybridized carbons (Fsp3) is 0.512. The Morgan fingerprint density at radius 3 is 2.15 bits per heavy atom. The molecule has 1 aliphatic carbocycles. The minimum absolute atomic E-state index is 0.00405. The number of halogens is 2. The second kappa shape index (κ2) is 21.1. The highest BCUT2D eigenvalue weighted by Crippen LogP contribution is 2.50. The Labute approximate surface area is 308 Å². The molecule has 1 saturated carbocycles. The molecule has 2 aromatic carbocycles. The van der Waals surface area contributed by atoms with Gasteiger partial charge in [-0.1, -0.05) is 83.6 Å². The van der Waals surface area contributed by atoms with E-state index >= 15 is 0 Å². The quantitative estimate of drug-likeness (QED) is 0.125. The zero-order chi connectivity index (χ0) is 38.8. The minimum Gasteiger partial charge on any atom is -0.462 e. The maximum absolute atomic E-state index is 12.7. The van der Waals surface area contributed by atoms with E-state index in [2.05, 4.69) is 36.8 Å². The molecule has 286 valence electrons. The topological polar surface area (TPSA) is 116 Å². The number of anilines is 1. The number of ether oxygens (including phenoxy) is 3. The van der Waals surface area contributed by atoms with Gasteiger partial charge in [-0.3, -0.25) is 9.59 Å². The summed E-state index contributed by atoms with van der Waals surface area (Å²) in [6, 6.07) is 16.2. The summed E-state index contributed by atoms with van der Waals surface area (Å²) < 4.78 is 38.6. The maximum atomic E-state index is 12.7. The number of aryl methyl sites for hydroxylation is 1. The molecule has 5 rings (SSSR count). The molecule has 2 heterocycles. The molecule has 0 bridgehead atoms. The summed E-state index contributed by atoms with van der Waals surface area (Å²) in [6.07, 6.45) is 7.52. The summed E-state index contributed by atoms with van der Waals surface area (Å²) >= 11 is 0. The number of hydrogen-bond acceptors (Lipinski definition) is 8. The summed E-state index contributed by atoms with van der Waals surface area (Å²) in [5.41, 5.74) is 3.55. The first kappa shape index (κ1) is 43.6. The van der Waals surface area contributed by atoms with Gasteiger partial charge in [0.05, 0.1) is 11.1 Å². The number of hydrogen-bond donors (Lipinski definition) is 2. The number of aldehydes is 1. The average molecular weight is 726 g/mol. The smallest absolute Gasteiger partial charge is 0.462 e. The van der Waals surface area contributed by atoms with Crippen LogP contribution in [0.15, 0.2) is 54.6 Å². The predicted molar refractivity (Wildman–Crippen MR) is 202 cm³/mol. The van der Waals surface area contributed by atoms with Crippen LogP contribution in [0.3, 0.4) is 0 Å². The van der Waals surface area contributed by atoms with Crippen molar-refractivity contribution in [3.05, 3.63) is 71.3 Å². The third-order valence-electron chi connectivity index (χ3n) is 8.21. The summed E-state index contributed by atoms with van der Waals surface area (Å²) in [4.78, 5) is 37.6. The highest BCUT2D eigenvalue weighted by atomic mass is 19.3. The summed E-state index contributed by atoms with van der Waals surface area (Å²) in [5.74, 6) is 0.820. The number of unbranched alkanes of at least 4 members (excludes halogenated alkanes) is 6. The van der Waals surface area contributed by atoms with Crippen LogP contribution in [-0.4, -0.2) is 49.1 Å². The van der Waals surface area contributed by atoms with E-state index in [1.807, 2.05) is 85.0 Å². The lowest BCUT2D eigenvalue weighted by atomic mass is 9.97. The van der Waals surface area contributed by atoms with Crippen molar-refractivity contribution in [2.24, 2.45) is 0 Å². The van der Waals surface area contributed by atoms with Crippen molar-refractivity contribution in [1.29, 1.82) is 0 Å². The van der Waals surface area contributed by atoms with Crippen LogP contribution in [0.1, 0.15) is 121 Å². The van der Waals surface area contributed by atoms with Crippen LogP contribution in [0.25, 0.3) is 11.3 Å².